The van der Waals surface area contributed by atoms with E-state index in [0.717, 1.165) is 61.5 Å². The summed E-state index contributed by atoms with van der Waals surface area (Å²) in [6, 6.07) is 0.516. The van der Waals surface area contributed by atoms with Gasteiger partial charge in [0.25, 0.3) is 0 Å². The Morgan fingerprint density at radius 2 is 2.24 bits per heavy atom. The standard InChI is InChI=1S/C17H29N5S2.HI/c1-14(2)13-22-9-5-15(6-10-22)21-16(18-3)19-7-4-11-23-17-20-8-12-24-17;/h8,12,15H,1,4-7,9-11,13H2,2-3H3,(H2,18,19,21);1H. The lowest BCUT2D eigenvalue weighted by Gasteiger charge is -2.33. The minimum atomic E-state index is 0. The molecule has 0 atom stereocenters. The molecule has 1 aromatic rings. The number of piperidine rings is 1. The van der Waals surface area contributed by atoms with Crippen LogP contribution in [-0.2, 0) is 0 Å². The fourth-order valence-corrected chi connectivity index (χ4v) is 4.37. The summed E-state index contributed by atoms with van der Waals surface area (Å²) in [6.45, 7) is 10.3. The van der Waals surface area contributed by atoms with Gasteiger partial charge >= 0.3 is 0 Å². The normalized spacial score (nSPS) is 16.3. The van der Waals surface area contributed by atoms with Crippen molar-refractivity contribution in [3.05, 3.63) is 23.7 Å². The summed E-state index contributed by atoms with van der Waals surface area (Å²) in [5.74, 6) is 2.00. The van der Waals surface area contributed by atoms with Crippen LogP contribution in [0.2, 0.25) is 0 Å². The van der Waals surface area contributed by atoms with Crippen molar-refractivity contribution < 1.29 is 0 Å². The minimum Gasteiger partial charge on any atom is -0.356 e. The minimum absolute atomic E-state index is 0. The van der Waals surface area contributed by atoms with E-state index in [2.05, 4.69) is 39.0 Å². The maximum absolute atomic E-state index is 4.35. The molecule has 0 saturated carbocycles. The first-order valence-electron chi connectivity index (χ1n) is 8.53. The summed E-state index contributed by atoms with van der Waals surface area (Å²) in [6.07, 6.45) is 5.28. The molecule has 25 heavy (non-hydrogen) atoms. The van der Waals surface area contributed by atoms with Gasteiger partial charge in [0.05, 0.1) is 0 Å². The molecule has 0 aliphatic carbocycles. The molecular weight excluding hydrogens is 465 g/mol. The van der Waals surface area contributed by atoms with Crippen LogP contribution in [0.25, 0.3) is 0 Å². The zero-order chi connectivity index (χ0) is 17.2. The van der Waals surface area contributed by atoms with E-state index >= 15 is 0 Å². The average Bonchev–Trinajstić information content (AvgIpc) is 3.08. The van der Waals surface area contributed by atoms with Gasteiger partial charge in [-0.3, -0.25) is 9.89 Å². The van der Waals surface area contributed by atoms with Crippen molar-refractivity contribution in [1.29, 1.82) is 0 Å². The Morgan fingerprint density at radius 3 is 2.84 bits per heavy atom. The van der Waals surface area contributed by atoms with E-state index in [1.807, 2.05) is 30.4 Å². The number of aliphatic imine (C=N–C) groups is 1. The number of thiazole rings is 1. The molecule has 1 aliphatic heterocycles. The van der Waals surface area contributed by atoms with Crippen LogP contribution in [0.4, 0.5) is 0 Å². The molecule has 0 unspecified atom stereocenters. The van der Waals surface area contributed by atoms with Crippen molar-refractivity contribution in [3.63, 3.8) is 0 Å². The van der Waals surface area contributed by atoms with Crippen LogP contribution in [0.1, 0.15) is 26.2 Å². The maximum atomic E-state index is 4.35. The Kier molecular flexibility index (Phi) is 11.8. The molecule has 1 saturated heterocycles. The monoisotopic (exact) mass is 495 g/mol. The van der Waals surface area contributed by atoms with Crippen LogP contribution in [0, 0.1) is 0 Å². The smallest absolute Gasteiger partial charge is 0.191 e. The van der Waals surface area contributed by atoms with Crippen LogP contribution in [0.5, 0.6) is 0 Å². The maximum Gasteiger partial charge on any atom is 0.191 e. The first-order chi connectivity index (χ1) is 11.7. The fraction of sp³-hybridized carbons (Fsp3) is 0.647. The highest BCUT2D eigenvalue weighted by Crippen LogP contribution is 2.20. The molecule has 0 spiro atoms. The van der Waals surface area contributed by atoms with Crippen LogP contribution >= 0.6 is 47.1 Å². The summed E-state index contributed by atoms with van der Waals surface area (Å²) < 4.78 is 1.15. The second-order valence-corrected chi connectivity index (χ2v) is 8.39. The van der Waals surface area contributed by atoms with Crippen LogP contribution < -0.4 is 10.6 Å². The predicted octanol–water partition coefficient (Wildman–Crippen LogP) is 3.45. The molecule has 8 heteroatoms. The van der Waals surface area contributed by atoms with Gasteiger partial charge in [0.15, 0.2) is 5.96 Å². The van der Waals surface area contributed by atoms with Gasteiger partial charge in [-0.15, -0.1) is 35.3 Å². The van der Waals surface area contributed by atoms with Crippen molar-refractivity contribution in [2.45, 2.75) is 36.6 Å². The third-order valence-electron chi connectivity index (χ3n) is 3.89. The second kappa shape index (κ2) is 12.9. The summed E-state index contributed by atoms with van der Waals surface area (Å²) in [5, 5.41) is 9.00. The Labute approximate surface area is 177 Å². The van der Waals surface area contributed by atoms with E-state index in [-0.39, 0.29) is 24.0 Å². The van der Waals surface area contributed by atoms with Gasteiger partial charge in [-0.25, -0.2) is 4.98 Å². The second-order valence-electron chi connectivity index (χ2n) is 6.15. The lowest BCUT2D eigenvalue weighted by molar-refractivity contribution is 0.221. The van der Waals surface area contributed by atoms with Gasteiger partial charge in [-0.1, -0.05) is 23.9 Å². The molecular formula is C17H30IN5S2. The third kappa shape index (κ3) is 9.25. The molecule has 1 aliphatic rings. The van der Waals surface area contributed by atoms with Crippen LogP contribution in [-0.4, -0.2) is 60.9 Å². The van der Waals surface area contributed by atoms with Crippen molar-refractivity contribution in [1.82, 2.24) is 20.5 Å². The van der Waals surface area contributed by atoms with Gasteiger partial charge in [0.1, 0.15) is 4.34 Å². The lowest BCUT2D eigenvalue weighted by Crippen LogP contribution is -2.49. The number of hydrogen-bond donors (Lipinski definition) is 2. The van der Waals surface area contributed by atoms with E-state index in [1.165, 1.54) is 5.57 Å². The molecule has 0 bridgehead atoms. The van der Waals surface area contributed by atoms with Crippen molar-refractivity contribution >= 4 is 53.0 Å². The topological polar surface area (TPSA) is 52.5 Å². The molecule has 2 heterocycles. The SMILES string of the molecule is C=C(C)CN1CCC(NC(=NC)NCCCSc2nccs2)CC1.I. The van der Waals surface area contributed by atoms with Gasteiger partial charge < -0.3 is 10.6 Å². The number of thioether (sulfide) groups is 1. The number of likely N-dealkylation sites (tertiary alicyclic amines) is 1. The Morgan fingerprint density at radius 1 is 1.48 bits per heavy atom. The van der Waals surface area contributed by atoms with Crippen LogP contribution in [0.3, 0.4) is 0 Å². The molecule has 0 radical (unpaired) electrons. The molecule has 142 valence electrons. The first-order valence-corrected chi connectivity index (χ1v) is 10.4. The highest BCUT2D eigenvalue weighted by atomic mass is 127. The number of nitrogens with zero attached hydrogens (tertiary/aromatic N) is 3. The number of rotatable bonds is 8. The summed E-state index contributed by atoms with van der Waals surface area (Å²) >= 11 is 3.53. The van der Waals surface area contributed by atoms with Crippen molar-refractivity contribution in [2.24, 2.45) is 4.99 Å². The number of guanidine groups is 1. The average molecular weight is 496 g/mol. The highest BCUT2D eigenvalue weighted by molar-refractivity contribution is 14.0. The van der Waals surface area contributed by atoms with Crippen LogP contribution in [0.15, 0.2) is 33.1 Å². The van der Waals surface area contributed by atoms with Gasteiger partial charge in [0.2, 0.25) is 0 Å². The zero-order valence-corrected chi connectivity index (χ0v) is 19.1. The highest BCUT2D eigenvalue weighted by Gasteiger charge is 2.19. The van der Waals surface area contributed by atoms with E-state index in [9.17, 15) is 0 Å². The number of hydrogen-bond acceptors (Lipinski definition) is 5. The number of aromatic nitrogens is 1. The van der Waals surface area contributed by atoms with Gasteiger partial charge in [0, 0.05) is 56.6 Å². The largest absolute Gasteiger partial charge is 0.356 e. The molecule has 1 aromatic heterocycles. The summed E-state index contributed by atoms with van der Waals surface area (Å²) in [4.78, 5) is 11.1. The number of halogens is 1. The third-order valence-corrected chi connectivity index (χ3v) is 5.95. The van der Waals surface area contributed by atoms with Crippen molar-refractivity contribution in [2.75, 3.05) is 39.0 Å². The van der Waals surface area contributed by atoms with E-state index < -0.39 is 0 Å². The summed E-state index contributed by atoms with van der Waals surface area (Å²) in [7, 11) is 1.84. The molecule has 0 amide bonds. The predicted molar refractivity (Wildman–Crippen MR) is 122 cm³/mol. The quantitative estimate of drug-likeness (QED) is 0.145. The lowest BCUT2D eigenvalue weighted by atomic mass is 10.0. The van der Waals surface area contributed by atoms with E-state index in [4.69, 9.17) is 0 Å². The number of nitrogens with one attached hydrogen (secondary N) is 2. The Bertz CT molecular complexity index is 513. The Balaban J connectivity index is 0.00000312. The molecule has 2 rings (SSSR count). The van der Waals surface area contributed by atoms with Gasteiger partial charge in [-0.2, -0.15) is 0 Å². The molecule has 2 N–H and O–H groups in total. The Hall–Kier alpha value is -0.320. The van der Waals surface area contributed by atoms with E-state index in [1.54, 1.807) is 11.3 Å². The fourth-order valence-electron chi connectivity index (χ4n) is 2.73. The summed E-state index contributed by atoms with van der Waals surface area (Å²) in [5.41, 5.74) is 1.24. The molecule has 1 fully saturated rings. The van der Waals surface area contributed by atoms with E-state index in [0.29, 0.717) is 6.04 Å². The van der Waals surface area contributed by atoms with Crippen molar-refractivity contribution in [3.8, 4) is 0 Å². The molecule has 0 aromatic carbocycles. The molecule has 5 nitrogen and oxygen atoms in total. The first kappa shape index (κ1) is 22.7. The zero-order valence-electron chi connectivity index (χ0n) is 15.2. The van der Waals surface area contributed by atoms with Gasteiger partial charge in [-0.05, 0) is 26.2 Å².